The summed E-state index contributed by atoms with van der Waals surface area (Å²) in [7, 11) is 0. The van der Waals surface area contributed by atoms with Crippen LogP contribution in [0, 0.1) is 6.92 Å². The fourth-order valence-corrected chi connectivity index (χ4v) is 2.89. The zero-order valence-corrected chi connectivity index (χ0v) is 12.5. The highest BCUT2D eigenvalue weighted by molar-refractivity contribution is 5.22. The maximum Gasteiger partial charge on any atom is 0.00766 e. The van der Waals surface area contributed by atoms with E-state index in [-0.39, 0.29) is 0 Å². The van der Waals surface area contributed by atoms with Crippen LogP contribution in [0.4, 0.5) is 0 Å². The van der Waals surface area contributed by atoms with Crippen molar-refractivity contribution in [2.24, 2.45) is 0 Å². The molecule has 2 heteroatoms. The lowest BCUT2D eigenvalue weighted by Gasteiger charge is -2.28. The first-order chi connectivity index (χ1) is 9.28. The van der Waals surface area contributed by atoms with Crippen LogP contribution in [-0.4, -0.2) is 37.1 Å². The van der Waals surface area contributed by atoms with Gasteiger partial charge < -0.3 is 10.2 Å². The van der Waals surface area contributed by atoms with Gasteiger partial charge in [-0.15, -0.1) is 0 Å². The van der Waals surface area contributed by atoms with Crippen molar-refractivity contribution in [3.63, 3.8) is 0 Å². The molecule has 1 N–H and O–H groups in total. The smallest absolute Gasteiger partial charge is 0.00766 e. The minimum Gasteiger partial charge on any atom is -0.314 e. The van der Waals surface area contributed by atoms with Crippen LogP contribution in [0.15, 0.2) is 24.3 Å². The lowest BCUT2D eigenvalue weighted by molar-refractivity contribution is 0.234. The zero-order chi connectivity index (χ0) is 13.5. The predicted octanol–water partition coefficient (Wildman–Crippen LogP) is 3.00. The third kappa shape index (κ3) is 4.96. The van der Waals surface area contributed by atoms with Crippen LogP contribution in [0.25, 0.3) is 0 Å². The SMILES string of the molecule is CCC1CCN(CCc2cccc(C)c2)CCCN1. The quantitative estimate of drug-likeness (QED) is 0.895. The summed E-state index contributed by atoms with van der Waals surface area (Å²) in [5, 5.41) is 3.65. The van der Waals surface area contributed by atoms with Crippen LogP contribution in [0.3, 0.4) is 0 Å². The lowest BCUT2D eigenvalue weighted by atomic mass is 10.1. The molecule has 0 radical (unpaired) electrons. The van der Waals surface area contributed by atoms with E-state index in [1.54, 1.807) is 0 Å². The molecule has 0 bridgehead atoms. The highest BCUT2D eigenvalue weighted by Gasteiger charge is 2.13. The first-order valence-electron chi connectivity index (χ1n) is 7.79. The fraction of sp³-hybridized carbons (Fsp3) is 0.647. The Bertz CT molecular complexity index is 375. The largest absolute Gasteiger partial charge is 0.314 e. The van der Waals surface area contributed by atoms with Crippen molar-refractivity contribution in [3.05, 3.63) is 35.4 Å². The Morgan fingerprint density at radius 3 is 3.00 bits per heavy atom. The minimum absolute atomic E-state index is 0.724. The van der Waals surface area contributed by atoms with E-state index in [1.807, 2.05) is 0 Å². The normalized spacial score (nSPS) is 21.9. The number of hydrogen-bond acceptors (Lipinski definition) is 2. The molecule has 2 nitrogen and oxygen atoms in total. The molecule has 1 saturated heterocycles. The summed E-state index contributed by atoms with van der Waals surface area (Å²) in [5.74, 6) is 0. The molecule has 1 aromatic carbocycles. The summed E-state index contributed by atoms with van der Waals surface area (Å²) in [6, 6.07) is 9.65. The molecular weight excluding hydrogens is 232 g/mol. The fourth-order valence-electron chi connectivity index (χ4n) is 2.89. The summed E-state index contributed by atoms with van der Waals surface area (Å²) in [6.07, 6.45) is 5.02. The highest BCUT2D eigenvalue weighted by Crippen LogP contribution is 2.09. The van der Waals surface area contributed by atoms with E-state index in [1.165, 1.54) is 63.0 Å². The molecule has 0 aromatic heterocycles. The van der Waals surface area contributed by atoms with Gasteiger partial charge in [-0.3, -0.25) is 0 Å². The van der Waals surface area contributed by atoms with Gasteiger partial charge in [0.2, 0.25) is 0 Å². The summed E-state index contributed by atoms with van der Waals surface area (Å²) < 4.78 is 0. The van der Waals surface area contributed by atoms with Crippen molar-refractivity contribution in [1.29, 1.82) is 0 Å². The molecule has 0 aliphatic carbocycles. The van der Waals surface area contributed by atoms with Gasteiger partial charge in [0.15, 0.2) is 0 Å². The second-order valence-corrected chi connectivity index (χ2v) is 5.78. The number of rotatable bonds is 4. The van der Waals surface area contributed by atoms with Crippen molar-refractivity contribution in [3.8, 4) is 0 Å². The third-order valence-corrected chi connectivity index (χ3v) is 4.17. The van der Waals surface area contributed by atoms with Crippen LogP contribution in [-0.2, 0) is 6.42 Å². The van der Waals surface area contributed by atoms with Crippen molar-refractivity contribution >= 4 is 0 Å². The number of nitrogens with zero attached hydrogens (tertiary/aromatic N) is 1. The Labute approximate surface area is 118 Å². The molecule has 1 unspecified atom stereocenters. The van der Waals surface area contributed by atoms with Crippen LogP contribution in [0.1, 0.15) is 37.3 Å². The van der Waals surface area contributed by atoms with E-state index >= 15 is 0 Å². The number of hydrogen-bond donors (Lipinski definition) is 1. The molecular formula is C17H28N2. The van der Waals surface area contributed by atoms with Gasteiger partial charge in [0.1, 0.15) is 0 Å². The van der Waals surface area contributed by atoms with Crippen molar-refractivity contribution in [2.45, 2.75) is 45.6 Å². The van der Waals surface area contributed by atoms with Crippen LogP contribution >= 0.6 is 0 Å². The average molecular weight is 260 g/mol. The molecule has 19 heavy (non-hydrogen) atoms. The molecule has 1 fully saturated rings. The van der Waals surface area contributed by atoms with Gasteiger partial charge in [0.25, 0.3) is 0 Å². The molecule has 1 aromatic rings. The van der Waals surface area contributed by atoms with E-state index in [0.29, 0.717) is 0 Å². The van der Waals surface area contributed by atoms with E-state index in [2.05, 4.69) is 48.3 Å². The van der Waals surface area contributed by atoms with E-state index in [9.17, 15) is 0 Å². The molecule has 1 heterocycles. The number of aryl methyl sites for hydroxylation is 1. The van der Waals surface area contributed by atoms with Gasteiger partial charge >= 0.3 is 0 Å². The van der Waals surface area contributed by atoms with Crippen molar-refractivity contribution in [1.82, 2.24) is 10.2 Å². The van der Waals surface area contributed by atoms with Crippen LogP contribution in [0.5, 0.6) is 0 Å². The maximum absolute atomic E-state index is 3.65. The molecule has 1 aliphatic heterocycles. The Kier molecular flexibility index (Phi) is 5.87. The first-order valence-corrected chi connectivity index (χ1v) is 7.79. The summed E-state index contributed by atoms with van der Waals surface area (Å²) in [6.45, 7) is 9.35. The molecule has 0 amide bonds. The van der Waals surface area contributed by atoms with Crippen LogP contribution in [0.2, 0.25) is 0 Å². The van der Waals surface area contributed by atoms with Crippen molar-refractivity contribution < 1.29 is 0 Å². The van der Waals surface area contributed by atoms with Gasteiger partial charge in [-0.05, 0) is 57.8 Å². The summed E-state index contributed by atoms with van der Waals surface area (Å²) >= 11 is 0. The predicted molar refractivity (Wildman–Crippen MR) is 82.6 cm³/mol. The molecule has 106 valence electrons. The number of benzene rings is 1. The van der Waals surface area contributed by atoms with E-state index in [0.717, 1.165) is 6.04 Å². The Balaban J connectivity index is 1.81. The second kappa shape index (κ2) is 7.66. The molecule has 1 aliphatic rings. The zero-order valence-electron chi connectivity index (χ0n) is 12.5. The first kappa shape index (κ1) is 14.5. The maximum atomic E-state index is 3.65. The molecule has 2 rings (SSSR count). The molecule has 0 spiro atoms. The summed E-state index contributed by atoms with van der Waals surface area (Å²) in [4.78, 5) is 2.64. The van der Waals surface area contributed by atoms with Crippen molar-refractivity contribution in [2.75, 3.05) is 26.2 Å². The molecule has 0 saturated carbocycles. The third-order valence-electron chi connectivity index (χ3n) is 4.17. The average Bonchev–Trinajstić information content (AvgIpc) is 2.38. The Morgan fingerprint density at radius 1 is 1.32 bits per heavy atom. The van der Waals surface area contributed by atoms with E-state index < -0.39 is 0 Å². The Hall–Kier alpha value is -0.860. The minimum atomic E-state index is 0.724. The topological polar surface area (TPSA) is 15.3 Å². The number of nitrogens with one attached hydrogen (secondary N) is 1. The second-order valence-electron chi connectivity index (χ2n) is 5.78. The van der Waals surface area contributed by atoms with Gasteiger partial charge in [0.05, 0.1) is 0 Å². The highest BCUT2D eigenvalue weighted by atomic mass is 15.1. The monoisotopic (exact) mass is 260 g/mol. The van der Waals surface area contributed by atoms with Gasteiger partial charge in [-0.25, -0.2) is 0 Å². The van der Waals surface area contributed by atoms with Gasteiger partial charge in [-0.2, -0.15) is 0 Å². The van der Waals surface area contributed by atoms with E-state index in [4.69, 9.17) is 0 Å². The molecule has 1 atom stereocenters. The lowest BCUT2D eigenvalue weighted by Crippen LogP contribution is -2.40. The van der Waals surface area contributed by atoms with Gasteiger partial charge in [-0.1, -0.05) is 36.8 Å². The van der Waals surface area contributed by atoms with Gasteiger partial charge in [0, 0.05) is 12.6 Å². The van der Waals surface area contributed by atoms with Crippen LogP contribution < -0.4 is 5.32 Å². The standard InChI is InChI=1S/C17H28N2/c1-3-17-9-13-19(11-5-10-18-17)12-8-16-7-4-6-15(2)14-16/h4,6-7,14,17-18H,3,5,8-13H2,1-2H3. The summed E-state index contributed by atoms with van der Waals surface area (Å²) in [5.41, 5.74) is 2.85. The Morgan fingerprint density at radius 2 is 2.21 bits per heavy atom.